The average Bonchev–Trinajstić information content (AvgIpc) is 2.61. The molecule has 0 radical (unpaired) electrons. The van der Waals surface area contributed by atoms with Crippen LogP contribution in [0.15, 0.2) is 42.5 Å². The lowest BCUT2D eigenvalue weighted by Crippen LogP contribution is -2.42. The Morgan fingerprint density at radius 3 is 2.59 bits per heavy atom. The van der Waals surface area contributed by atoms with Crippen LogP contribution in [0.25, 0.3) is 0 Å². The summed E-state index contributed by atoms with van der Waals surface area (Å²) in [4.78, 5) is 36.1. The molecule has 0 unspecified atom stereocenters. The highest BCUT2D eigenvalue weighted by atomic mass is 16.7. The van der Waals surface area contributed by atoms with E-state index in [1.165, 1.54) is 6.07 Å². The normalized spacial score (nSPS) is 16.8. The third kappa shape index (κ3) is 3.92. The first-order valence-corrected chi connectivity index (χ1v) is 8.50. The number of aromatic hydroxyl groups is 1. The van der Waals surface area contributed by atoms with Gasteiger partial charge in [0.1, 0.15) is 23.5 Å². The number of phenolic OH excluding ortho intramolecular Hbond substituents is 1. The fraction of sp³-hybridized carbons (Fsp3) is 0.250. The molecule has 0 bridgehead atoms. The Labute approximate surface area is 155 Å². The molecule has 0 fully saturated rings. The van der Waals surface area contributed by atoms with Crippen molar-refractivity contribution < 1.29 is 29.3 Å². The van der Waals surface area contributed by atoms with Crippen molar-refractivity contribution in [1.82, 2.24) is 5.32 Å². The van der Waals surface area contributed by atoms with Crippen molar-refractivity contribution in [2.24, 2.45) is 0 Å². The molecule has 1 aliphatic rings. The molecule has 140 valence electrons. The van der Waals surface area contributed by atoms with Gasteiger partial charge in [-0.05, 0) is 24.1 Å². The molecule has 0 spiro atoms. The molecular formula is C20H19NO6. The van der Waals surface area contributed by atoms with Crippen molar-refractivity contribution in [2.75, 3.05) is 0 Å². The summed E-state index contributed by atoms with van der Waals surface area (Å²) in [6.45, 7) is 1.74. The number of carboxylic acids is 1. The molecule has 1 aliphatic heterocycles. The maximum atomic E-state index is 12.5. The number of carbonyl (C=O) groups is 3. The van der Waals surface area contributed by atoms with E-state index in [1.807, 2.05) is 6.07 Å². The summed E-state index contributed by atoms with van der Waals surface area (Å²) in [5, 5.41) is 22.2. The Morgan fingerprint density at radius 1 is 1.22 bits per heavy atom. The smallest absolute Gasteiger partial charge is 0.342 e. The molecule has 27 heavy (non-hydrogen) atoms. The maximum absolute atomic E-state index is 12.5. The van der Waals surface area contributed by atoms with Crippen LogP contribution in [0.3, 0.4) is 0 Å². The topological polar surface area (TPSA) is 113 Å². The van der Waals surface area contributed by atoms with Gasteiger partial charge in [-0.2, -0.15) is 0 Å². The van der Waals surface area contributed by atoms with Crippen molar-refractivity contribution in [3.05, 3.63) is 64.7 Å². The first-order valence-electron chi connectivity index (χ1n) is 8.50. The zero-order chi connectivity index (χ0) is 19.6. The zero-order valence-corrected chi connectivity index (χ0v) is 14.6. The first-order chi connectivity index (χ1) is 12.9. The van der Waals surface area contributed by atoms with Gasteiger partial charge in [-0.25, -0.2) is 9.59 Å². The number of benzene rings is 2. The second kappa shape index (κ2) is 7.49. The number of esters is 1. The SMILES string of the molecule is [13CH3][13C@@H]1[13CH2][13c]2[13cH][13cH][13c]([13C](=O)N[13C@@H]([13CH2][13c]3[13cH][13cH][13cH][13cH][13cH]3)[13C](=O)O)[13c](O)[13c]2[13C](=O)O1. The van der Waals surface area contributed by atoms with Crippen molar-refractivity contribution in [1.29, 1.82) is 0 Å². The predicted molar refractivity (Wildman–Crippen MR) is 95.7 cm³/mol. The Morgan fingerprint density at radius 2 is 1.93 bits per heavy atom. The quantitative estimate of drug-likeness (QED) is 0.532. The summed E-state index contributed by atoms with van der Waals surface area (Å²) in [7, 11) is 0. The number of phenols is 1. The fourth-order valence-corrected chi connectivity index (χ4v) is 3.09. The van der Waals surface area contributed by atoms with Gasteiger partial charge < -0.3 is 20.3 Å². The van der Waals surface area contributed by atoms with E-state index in [9.17, 15) is 24.6 Å². The summed E-state index contributed by atoms with van der Waals surface area (Å²) in [5.74, 6) is -3.16. The Balaban J connectivity index is 1.84. The van der Waals surface area contributed by atoms with Crippen molar-refractivity contribution in [3.63, 3.8) is 0 Å². The Bertz CT molecular complexity index is 893. The number of nitrogens with one attached hydrogen (secondary N) is 1. The van der Waals surface area contributed by atoms with E-state index in [1.54, 1.807) is 37.3 Å². The number of carboxylic acid groups (broad SMARTS) is 1. The van der Waals surface area contributed by atoms with Gasteiger partial charge >= 0.3 is 11.9 Å². The van der Waals surface area contributed by atoms with E-state index < -0.39 is 29.6 Å². The molecule has 7 nitrogen and oxygen atoms in total. The second-order valence-electron chi connectivity index (χ2n) is 6.47. The number of ether oxygens (including phenoxy) is 1. The van der Waals surface area contributed by atoms with Crippen molar-refractivity contribution >= 4 is 17.8 Å². The molecule has 0 saturated carbocycles. The third-order valence-electron chi connectivity index (χ3n) is 4.41. The van der Waals surface area contributed by atoms with Gasteiger partial charge in [0.15, 0.2) is 0 Å². The lowest BCUT2D eigenvalue weighted by molar-refractivity contribution is -0.139. The number of rotatable bonds is 5. The lowest BCUT2D eigenvalue weighted by Gasteiger charge is -2.23. The zero-order valence-electron chi connectivity index (χ0n) is 14.6. The van der Waals surface area contributed by atoms with Crippen molar-refractivity contribution in [3.8, 4) is 5.75 Å². The molecule has 0 aliphatic carbocycles. The molecule has 0 saturated heterocycles. The molecule has 1 heterocycles. The van der Waals surface area contributed by atoms with Gasteiger partial charge in [0.2, 0.25) is 0 Å². The van der Waals surface area contributed by atoms with Crippen LogP contribution in [-0.2, 0) is 22.4 Å². The molecule has 1 amide bonds. The third-order valence-corrected chi connectivity index (χ3v) is 4.41. The first kappa shape index (κ1) is 18.4. The number of aliphatic carboxylic acids is 1. The van der Waals surface area contributed by atoms with E-state index in [0.29, 0.717) is 12.0 Å². The van der Waals surface area contributed by atoms with E-state index in [-0.39, 0.29) is 23.7 Å². The van der Waals surface area contributed by atoms with Crippen LogP contribution in [0.2, 0.25) is 0 Å². The molecule has 7 heteroatoms. The monoisotopic (exact) mass is 389 g/mol. The molecule has 2 aromatic rings. The minimum absolute atomic E-state index is 0.0457. The maximum Gasteiger partial charge on any atom is 0.342 e. The average molecular weight is 389 g/mol. The van der Waals surface area contributed by atoms with Gasteiger partial charge in [-0.15, -0.1) is 0 Å². The number of fused-ring (bicyclic) bond motifs is 1. The number of cyclic esters (lactones) is 1. The summed E-state index contributed by atoms with van der Waals surface area (Å²) in [6.07, 6.45) is 0.210. The number of hydrogen-bond donors (Lipinski definition) is 3. The standard InChI is InChI=1S/C20H19NO6/c1-11-9-13-7-8-14(17(22)16(13)20(26)27-11)18(23)21-15(19(24)25)10-12-5-3-2-4-6-12/h2-8,11,15,22H,9-10H2,1H3,(H,21,23)(H,24,25)/t11-,15+/m1/s1/i1+1,2+1,3+1,4+1,5+1,6+1,7+1,8+1,9+1,10+1,11+1,12+1,13+1,14+1,15+1,16+1,17+1,18+1,19+1,20+1. The molecule has 3 rings (SSSR count). The minimum atomic E-state index is -1.20. The van der Waals surface area contributed by atoms with Gasteiger partial charge in [0, 0.05) is 12.8 Å². The lowest BCUT2D eigenvalue weighted by atomic mass is 10.9. The second-order valence-corrected chi connectivity index (χ2v) is 6.47. The number of hydrogen-bond acceptors (Lipinski definition) is 5. The van der Waals surface area contributed by atoms with Crippen LogP contribution in [0.4, 0.5) is 0 Å². The van der Waals surface area contributed by atoms with Gasteiger partial charge in [0.25, 0.3) is 5.91 Å². The Hall–Kier alpha value is -3.35. The fourth-order valence-electron chi connectivity index (χ4n) is 3.09. The number of carbonyl (C=O) groups excluding carboxylic acids is 2. The van der Waals surface area contributed by atoms with Gasteiger partial charge in [-0.3, -0.25) is 4.79 Å². The van der Waals surface area contributed by atoms with Crippen LogP contribution < -0.4 is 5.32 Å². The van der Waals surface area contributed by atoms with E-state index in [4.69, 9.17) is 4.74 Å². The molecule has 3 N–H and O–H groups in total. The Kier molecular flexibility index (Phi) is 5.12. The minimum Gasteiger partial charge on any atom is -0.506 e. The molecular weight excluding hydrogens is 370 g/mol. The van der Waals surface area contributed by atoms with Gasteiger partial charge in [0.05, 0.1) is 5.56 Å². The molecule has 0 aromatic heterocycles. The highest BCUT2D eigenvalue weighted by Crippen LogP contribution is 2.31. The highest BCUT2D eigenvalue weighted by molar-refractivity contribution is 6.04. The van der Waals surface area contributed by atoms with Crippen LogP contribution >= 0.6 is 0 Å². The van der Waals surface area contributed by atoms with Crippen LogP contribution in [0.1, 0.15) is 38.8 Å². The summed E-state index contributed by atoms with van der Waals surface area (Å²) < 4.78 is 5.10. The van der Waals surface area contributed by atoms with E-state index in [0.717, 1.165) is 5.56 Å². The predicted octanol–water partition coefficient (Wildman–Crippen LogP) is 1.92. The van der Waals surface area contributed by atoms with Crippen LogP contribution in [-0.4, -0.2) is 40.2 Å². The summed E-state index contributed by atoms with van der Waals surface area (Å²) in [5.41, 5.74) is 1.12. The van der Waals surface area contributed by atoms with E-state index >= 15 is 0 Å². The molecule has 2 atom stereocenters. The number of amides is 1. The van der Waals surface area contributed by atoms with Crippen molar-refractivity contribution in [2.45, 2.75) is 31.9 Å². The largest absolute Gasteiger partial charge is 0.506 e. The summed E-state index contributed by atoms with van der Waals surface area (Å²) in [6, 6.07) is 10.7. The summed E-state index contributed by atoms with van der Waals surface area (Å²) >= 11 is 0. The molecule has 2 aromatic carbocycles. The van der Waals surface area contributed by atoms with Crippen LogP contribution in [0.5, 0.6) is 5.75 Å². The van der Waals surface area contributed by atoms with E-state index in [2.05, 4.69) is 5.32 Å². The highest BCUT2D eigenvalue weighted by Gasteiger charge is 2.30. The van der Waals surface area contributed by atoms with Gasteiger partial charge in [-0.1, -0.05) is 36.4 Å². The van der Waals surface area contributed by atoms with Crippen LogP contribution in [0, 0.1) is 0 Å².